The highest BCUT2D eigenvalue weighted by molar-refractivity contribution is 9.10. The lowest BCUT2D eigenvalue weighted by molar-refractivity contribution is -0.384. The Balaban J connectivity index is 1.57. The molecular weight excluding hydrogens is 440 g/mol. The van der Waals surface area contributed by atoms with Crippen LogP contribution in [0.1, 0.15) is 18.0 Å². The fourth-order valence-electron chi connectivity index (χ4n) is 4.77. The summed E-state index contributed by atoms with van der Waals surface area (Å²) >= 11 is 3.44. The zero-order valence-electron chi connectivity index (χ0n) is 15.3. The van der Waals surface area contributed by atoms with E-state index in [0.29, 0.717) is 0 Å². The fraction of sp³-hybridized carbons (Fsp3) is 0.300. The zero-order chi connectivity index (χ0) is 20.3. The quantitative estimate of drug-likeness (QED) is 0.400. The molecule has 0 saturated carbocycles. The molecule has 8 nitrogen and oxygen atoms in total. The maximum Gasteiger partial charge on any atom is 0.271 e. The van der Waals surface area contributed by atoms with Gasteiger partial charge in [-0.05, 0) is 30.2 Å². The average Bonchev–Trinajstić information content (AvgIpc) is 3.35. The molecule has 3 aliphatic heterocycles. The Kier molecular flexibility index (Phi) is 4.27. The van der Waals surface area contributed by atoms with Gasteiger partial charge in [0, 0.05) is 29.7 Å². The van der Waals surface area contributed by atoms with Gasteiger partial charge in [-0.15, -0.1) is 0 Å². The molecule has 0 radical (unpaired) electrons. The molecule has 0 aliphatic carbocycles. The number of carbonyl (C=O) groups is 2. The van der Waals surface area contributed by atoms with Gasteiger partial charge in [0.05, 0.1) is 22.6 Å². The number of imide groups is 1. The summed E-state index contributed by atoms with van der Waals surface area (Å²) in [6.07, 6.45) is 0.925. The Morgan fingerprint density at radius 1 is 0.966 bits per heavy atom. The number of benzene rings is 2. The van der Waals surface area contributed by atoms with Crippen LogP contribution in [0.4, 0.5) is 11.4 Å². The summed E-state index contributed by atoms with van der Waals surface area (Å²) in [6, 6.07) is 12.7. The third kappa shape index (κ3) is 2.72. The van der Waals surface area contributed by atoms with E-state index in [0.717, 1.165) is 34.4 Å². The van der Waals surface area contributed by atoms with E-state index in [4.69, 9.17) is 0 Å². The van der Waals surface area contributed by atoms with Gasteiger partial charge < -0.3 is 0 Å². The highest BCUT2D eigenvalue weighted by Gasteiger charge is 2.62. The summed E-state index contributed by atoms with van der Waals surface area (Å²) in [5, 5.41) is 15.3. The molecule has 0 bridgehead atoms. The molecular formula is C20H17BrN4O4. The van der Waals surface area contributed by atoms with Crippen LogP contribution in [0, 0.1) is 16.0 Å². The molecule has 3 fully saturated rings. The largest absolute Gasteiger partial charge is 0.274 e. The minimum atomic E-state index is -0.571. The van der Waals surface area contributed by atoms with Gasteiger partial charge in [0.25, 0.3) is 11.6 Å². The molecule has 9 heteroatoms. The third-order valence-corrected chi connectivity index (χ3v) is 6.44. The maximum atomic E-state index is 13.4. The normalized spacial score (nSPS) is 26.8. The summed E-state index contributed by atoms with van der Waals surface area (Å²) in [7, 11) is 0. The number of rotatable bonds is 3. The predicted octanol–water partition coefficient (Wildman–Crippen LogP) is 2.89. The molecule has 0 unspecified atom stereocenters. The lowest BCUT2D eigenvalue weighted by Crippen LogP contribution is -2.44. The van der Waals surface area contributed by atoms with Crippen molar-refractivity contribution in [2.24, 2.45) is 5.92 Å². The molecule has 2 amide bonds. The average molecular weight is 457 g/mol. The highest BCUT2D eigenvalue weighted by Crippen LogP contribution is 2.49. The van der Waals surface area contributed by atoms with Crippen LogP contribution in [0.5, 0.6) is 0 Å². The molecule has 2 aromatic carbocycles. The van der Waals surface area contributed by atoms with Crippen LogP contribution < -0.4 is 4.90 Å². The van der Waals surface area contributed by atoms with Crippen molar-refractivity contribution < 1.29 is 14.5 Å². The van der Waals surface area contributed by atoms with Gasteiger partial charge in [0.1, 0.15) is 6.04 Å². The van der Waals surface area contributed by atoms with Crippen molar-refractivity contribution in [3.63, 3.8) is 0 Å². The van der Waals surface area contributed by atoms with E-state index in [2.05, 4.69) is 20.9 Å². The Hall–Kier alpha value is -2.62. The maximum absolute atomic E-state index is 13.4. The lowest BCUT2D eigenvalue weighted by atomic mass is 9.90. The molecule has 0 aromatic heterocycles. The number of hydrogen-bond acceptors (Lipinski definition) is 6. The van der Waals surface area contributed by atoms with E-state index >= 15 is 0 Å². The van der Waals surface area contributed by atoms with E-state index < -0.39 is 16.9 Å². The van der Waals surface area contributed by atoms with Crippen molar-refractivity contribution in [1.82, 2.24) is 10.0 Å². The first-order chi connectivity index (χ1) is 14.0. The van der Waals surface area contributed by atoms with Gasteiger partial charge in [-0.3, -0.25) is 19.7 Å². The SMILES string of the molecule is O=C1[C@@H]2[C@@H](C(=O)N1c1cccc([N+](=O)[O-])c1)N1CCCN1[C@H]2c1ccc(Br)cc1. The van der Waals surface area contributed by atoms with Crippen molar-refractivity contribution in [3.05, 3.63) is 68.7 Å². The van der Waals surface area contributed by atoms with Gasteiger partial charge in [-0.25, -0.2) is 14.9 Å². The number of non-ortho nitro benzene ring substituents is 1. The van der Waals surface area contributed by atoms with Gasteiger partial charge in [0.15, 0.2) is 0 Å². The molecule has 3 heterocycles. The summed E-state index contributed by atoms with van der Waals surface area (Å²) < 4.78 is 0.945. The third-order valence-electron chi connectivity index (χ3n) is 5.92. The van der Waals surface area contributed by atoms with Gasteiger partial charge in [-0.2, -0.15) is 0 Å². The summed E-state index contributed by atoms with van der Waals surface area (Å²) in [5.74, 6) is -1.15. The number of anilines is 1. The number of nitrogens with zero attached hydrogens (tertiary/aromatic N) is 4. The van der Waals surface area contributed by atoms with Crippen LogP contribution >= 0.6 is 15.9 Å². The summed E-state index contributed by atoms with van der Waals surface area (Å²) in [6.45, 7) is 1.51. The lowest BCUT2D eigenvalue weighted by Gasteiger charge is -2.29. The van der Waals surface area contributed by atoms with Crippen molar-refractivity contribution in [3.8, 4) is 0 Å². The number of nitro groups is 1. The number of fused-ring (bicyclic) bond motifs is 3. The van der Waals surface area contributed by atoms with Crippen LogP contribution in [0.2, 0.25) is 0 Å². The molecule has 0 N–H and O–H groups in total. The Bertz CT molecular complexity index is 1030. The van der Waals surface area contributed by atoms with Crippen LogP contribution in [-0.2, 0) is 9.59 Å². The molecule has 2 aromatic rings. The van der Waals surface area contributed by atoms with E-state index in [1.54, 1.807) is 6.07 Å². The van der Waals surface area contributed by atoms with Crippen LogP contribution in [0.15, 0.2) is 53.0 Å². The Morgan fingerprint density at radius 2 is 1.66 bits per heavy atom. The first-order valence-corrected chi connectivity index (χ1v) is 10.2. The smallest absolute Gasteiger partial charge is 0.271 e. The number of nitro benzene ring substituents is 1. The monoisotopic (exact) mass is 456 g/mol. The molecule has 3 aliphatic rings. The Morgan fingerprint density at radius 3 is 2.34 bits per heavy atom. The zero-order valence-corrected chi connectivity index (χ0v) is 16.9. The number of amides is 2. The molecule has 29 heavy (non-hydrogen) atoms. The topological polar surface area (TPSA) is 87.0 Å². The van der Waals surface area contributed by atoms with Crippen LogP contribution in [-0.4, -0.2) is 45.9 Å². The van der Waals surface area contributed by atoms with E-state index in [-0.39, 0.29) is 29.2 Å². The Labute approximate surface area is 174 Å². The van der Waals surface area contributed by atoms with Crippen molar-refractivity contribution in [1.29, 1.82) is 0 Å². The predicted molar refractivity (Wildman–Crippen MR) is 108 cm³/mol. The van der Waals surface area contributed by atoms with E-state index in [1.165, 1.54) is 18.2 Å². The van der Waals surface area contributed by atoms with E-state index in [9.17, 15) is 19.7 Å². The van der Waals surface area contributed by atoms with Gasteiger partial charge in [0.2, 0.25) is 5.91 Å². The highest BCUT2D eigenvalue weighted by atomic mass is 79.9. The molecule has 5 rings (SSSR count). The van der Waals surface area contributed by atoms with Crippen molar-refractivity contribution in [2.75, 3.05) is 18.0 Å². The first-order valence-electron chi connectivity index (χ1n) is 9.38. The second kappa shape index (κ2) is 6.72. The summed E-state index contributed by atoms with van der Waals surface area (Å²) in [5.41, 5.74) is 1.09. The van der Waals surface area contributed by atoms with Gasteiger partial charge >= 0.3 is 0 Å². The number of hydrogen-bond donors (Lipinski definition) is 0. The van der Waals surface area contributed by atoms with E-state index in [1.807, 2.05) is 29.3 Å². The molecule has 3 atom stereocenters. The number of halogens is 1. The molecule has 3 saturated heterocycles. The second-order valence-electron chi connectivity index (χ2n) is 7.44. The molecule has 0 spiro atoms. The van der Waals surface area contributed by atoms with Crippen molar-refractivity contribution >= 4 is 39.1 Å². The second-order valence-corrected chi connectivity index (χ2v) is 8.35. The minimum Gasteiger partial charge on any atom is -0.274 e. The number of carbonyl (C=O) groups excluding carboxylic acids is 2. The fourth-order valence-corrected chi connectivity index (χ4v) is 5.04. The number of hydrazine groups is 1. The molecule has 148 valence electrons. The summed E-state index contributed by atoms with van der Waals surface area (Å²) in [4.78, 5) is 38.5. The van der Waals surface area contributed by atoms with Crippen LogP contribution in [0.3, 0.4) is 0 Å². The van der Waals surface area contributed by atoms with Gasteiger partial charge in [-0.1, -0.05) is 34.1 Å². The standard InChI is InChI=1S/C20H17BrN4O4/c21-13-7-5-12(6-8-13)17-16-18(23-10-2-9-22(17)23)20(27)24(19(16)26)14-3-1-4-15(11-14)25(28)29/h1,3-8,11,16-18H,2,9-10H2/t16-,17-,18-/m0/s1. The first kappa shape index (κ1) is 18.4. The van der Waals surface area contributed by atoms with Crippen molar-refractivity contribution in [2.45, 2.75) is 18.5 Å². The van der Waals surface area contributed by atoms with Crippen LogP contribution in [0.25, 0.3) is 0 Å². The minimum absolute atomic E-state index is 0.146.